The summed E-state index contributed by atoms with van der Waals surface area (Å²) in [4.78, 5) is 37.6. The molecule has 308 valence electrons. The quantitative estimate of drug-likeness (QED) is 0.0205. The van der Waals surface area contributed by atoms with E-state index in [0.717, 1.165) is 89.9 Å². The first-order valence-corrected chi connectivity index (χ1v) is 22.0. The molecule has 0 aromatic rings. The van der Waals surface area contributed by atoms with E-state index in [2.05, 4.69) is 69.4 Å². The fourth-order valence-corrected chi connectivity index (χ4v) is 5.68. The summed E-state index contributed by atoms with van der Waals surface area (Å²) in [6, 6.07) is 0. The zero-order valence-electron chi connectivity index (χ0n) is 35.0. The molecule has 0 aromatic carbocycles. The largest absolute Gasteiger partial charge is 0.462 e. The van der Waals surface area contributed by atoms with E-state index in [9.17, 15) is 14.4 Å². The maximum absolute atomic E-state index is 12.7. The van der Waals surface area contributed by atoms with Crippen LogP contribution in [-0.4, -0.2) is 37.2 Å². The van der Waals surface area contributed by atoms with Crippen LogP contribution < -0.4 is 0 Å². The van der Waals surface area contributed by atoms with E-state index < -0.39 is 6.10 Å². The number of ether oxygens (including phenoxy) is 3. The van der Waals surface area contributed by atoms with Crippen LogP contribution in [0.15, 0.2) is 72.9 Å². The molecule has 6 nitrogen and oxygen atoms in total. The van der Waals surface area contributed by atoms with E-state index in [1.165, 1.54) is 57.8 Å². The van der Waals surface area contributed by atoms with Gasteiger partial charge in [-0.1, -0.05) is 164 Å². The van der Waals surface area contributed by atoms with Gasteiger partial charge in [-0.15, -0.1) is 0 Å². The Bertz CT molecular complexity index is 1050. The van der Waals surface area contributed by atoms with Crippen LogP contribution in [-0.2, 0) is 28.6 Å². The van der Waals surface area contributed by atoms with Gasteiger partial charge in [0.2, 0.25) is 0 Å². The summed E-state index contributed by atoms with van der Waals surface area (Å²) in [6.45, 7) is 6.36. The lowest BCUT2D eigenvalue weighted by atomic mass is 10.1. The van der Waals surface area contributed by atoms with E-state index in [4.69, 9.17) is 14.2 Å². The average molecular weight is 753 g/mol. The molecule has 0 fully saturated rings. The Kier molecular flexibility index (Phi) is 40.1. The second-order valence-corrected chi connectivity index (χ2v) is 14.3. The van der Waals surface area contributed by atoms with Gasteiger partial charge >= 0.3 is 17.9 Å². The lowest BCUT2D eigenvalue weighted by Gasteiger charge is -2.18. The highest BCUT2D eigenvalue weighted by Gasteiger charge is 2.19. The highest BCUT2D eigenvalue weighted by atomic mass is 16.6. The SMILES string of the molecule is CC\C=C/C=C\C=C/C=C\CCCCCCCC(=O)OCC(COC(=O)CCC/C=C\CCCCCC)OC(=O)CCCCCCC/C=C\CCCCC. The second-order valence-electron chi connectivity index (χ2n) is 14.3. The molecule has 1 unspecified atom stereocenters. The van der Waals surface area contributed by atoms with Crippen LogP contribution in [0, 0.1) is 0 Å². The van der Waals surface area contributed by atoms with E-state index in [1.807, 2.05) is 24.3 Å². The molecule has 0 aliphatic carbocycles. The predicted octanol–water partition coefficient (Wildman–Crippen LogP) is 13.9. The van der Waals surface area contributed by atoms with Gasteiger partial charge in [-0.25, -0.2) is 0 Å². The molecule has 0 heterocycles. The monoisotopic (exact) mass is 753 g/mol. The smallest absolute Gasteiger partial charge is 0.306 e. The number of unbranched alkanes of at least 4 members (excludes halogenated alkanes) is 18. The van der Waals surface area contributed by atoms with Gasteiger partial charge in [-0.2, -0.15) is 0 Å². The Balaban J connectivity index is 4.45. The standard InChI is InChI=1S/C48H80O6/c1-4-7-10-13-16-19-21-23-24-25-27-29-32-35-38-41-47(50)53-44-45(43-52-46(49)40-37-34-31-28-18-15-12-9-6-3)54-48(51)42-39-36-33-30-26-22-20-17-14-11-8-5-2/h7,10,13,16-17,19-21,23-24,28,31,45H,4-6,8-9,11-12,14-15,18,22,25-27,29-30,32-44H2,1-3H3/b10-7-,16-13-,20-17-,21-19-,24-23-,31-28-. The summed E-state index contributed by atoms with van der Waals surface area (Å²) >= 11 is 0. The average Bonchev–Trinajstić information content (AvgIpc) is 3.17. The molecule has 0 aliphatic heterocycles. The summed E-state index contributed by atoms with van der Waals surface area (Å²) in [5.41, 5.74) is 0. The number of carbonyl (C=O) groups excluding carboxylic acids is 3. The van der Waals surface area contributed by atoms with Gasteiger partial charge in [0.1, 0.15) is 13.2 Å². The van der Waals surface area contributed by atoms with Crippen molar-refractivity contribution >= 4 is 17.9 Å². The first-order chi connectivity index (χ1) is 26.5. The van der Waals surface area contributed by atoms with Crippen LogP contribution in [0.25, 0.3) is 0 Å². The van der Waals surface area contributed by atoms with E-state index in [-0.39, 0.29) is 31.1 Å². The molecule has 0 aromatic heterocycles. The number of hydrogen-bond acceptors (Lipinski definition) is 6. The molecule has 1 atom stereocenters. The van der Waals surface area contributed by atoms with Gasteiger partial charge in [0.25, 0.3) is 0 Å². The van der Waals surface area contributed by atoms with Crippen LogP contribution in [0.4, 0.5) is 0 Å². The van der Waals surface area contributed by atoms with Crippen molar-refractivity contribution in [3.05, 3.63) is 72.9 Å². The Morgan fingerprint density at radius 3 is 1.30 bits per heavy atom. The third kappa shape index (κ3) is 40.0. The fraction of sp³-hybridized carbons (Fsp3) is 0.688. The van der Waals surface area contributed by atoms with Crippen LogP contribution in [0.5, 0.6) is 0 Å². The van der Waals surface area contributed by atoms with Crippen LogP contribution in [0.1, 0.15) is 194 Å². The molecule has 6 heteroatoms. The Hall–Kier alpha value is -3.15. The summed E-state index contributed by atoms with van der Waals surface area (Å²) < 4.78 is 16.6. The lowest BCUT2D eigenvalue weighted by molar-refractivity contribution is -0.167. The van der Waals surface area contributed by atoms with E-state index in [0.29, 0.717) is 25.7 Å². The molecule has 0 aliphatic rings. The van der Waals surface area contributed by atoms with Crippen molar-refractivity contribution in [3.63, 3.8) is 0 Å². The number of allylic oxidation sites excluding steroid dienone is 12. The first kappa shape index (κ1) is 50.9. The Morgan fingerprint density at radius 2 is 0.759 bits per heavy atom. The maximum atomic E-state index is 12.7. The highest BCUT2D eigenvalue weighted by Crippen LogP contribution is 2.12. The number of esters is 3. The van der Waals surface area contributed by atoms with E-state index in [1.54, 1.807) is 0 Å². The predicted molar refractivity (Wildman–Crippen MR) is 228 cm³/mol. The zero-order valence-corrected chi connectivity index (χ0v) is 35.0. The number of carbonyl (C=O) groups is 3. The zero-order chi connectivity index (χ0) is 39.4. The minimum Gasteiger partial charge on any atom is -0.462 e. The lowest BCUT2D eigenvalue weighted by Crippen LogP contribution is -2.30. The first-order valence-electron chi connectivity index (χ1n) is 22.0. The second kappa shape index (κ2) is 42.6. The fourth-order valence-electron chi connectivity index (χ4n) is 5.68. The molecule has 0 radical (unpaired) electrons. The molecular formula is C48H80O6. The van der Waals surface area contributed by atoms with Gasteiger partial charge in [-0.3, -0.25) is 14.4 Å². The molecule has 54 heavy (non-hydrogen) atoms. The molecular weight excluding hydrogens is 673 g/mol. The van der Waals surface area contributed by atoms with Crippen molar-refractivity contribution in [2.45, 2.75) is 200 Å². The Morgan fingerprint density at radius 1 is 0.389 bits per heavy atom. The summed E-state index contributed by atoms with van der Waals surface area (Å²) in [7, 11) is 0. The number of rotatable bonds is 38. The van der Waals surface area contributed by atoms with Gasteiger partial charge in [0, 0.05) is 19.3 Å². The molecule has 0 bridgehead atoms. The van der Waals surface area contributed by atoms with Crippen LogP contribution >= 0.6 is 0 Å². The van der Waals surface area contributed by atoms with Crippen molar-refractivity contribution in [1.29, 1.82) is 0 Å². The van der Waals surface area contributed by atoms with Gasteiger partial charge < -0.3 is 14.2 Å². The van der Waals surface area contributed by atoms with Crippen LogP contribution in [0.2, 0.25) is 0 Å². The van der Waals surface area contributed by atoms with Gasteiger partial charge in [-0.05, 0) is 83.5 Å². The van der Waals surface area contributed by atoms with Crippen molar-refractivity contribution in [2.75, 3.05) is 13.2 Å². The summed E-state index contributed by atoms with van der Waals surface area (Å²) in [6.07, 6.45) is 51.7. The molecule has 0 saturated heterocycles. The molecule has 0 N–H and O–H groups in total. The maximum Gasteiger partial charge on any atom is 0.306 e. The molecule has 0 spiro atoms. The van der Waals surface area contributed by atoms with Crippen molar-refractivity contribution in [3.8, 4) is 0 Å². The molecule has 0 rings (SSSR count). The van der Waals surface area contributed by atoms with Crippen molar-refractivity contribution in [2.24, 2.45) is 0 Å². The number of hydrogen-bond donors (Lipinski definition) is 0. The third-order valence-electron chi connectivity index (χ3n) is 9.01. The minimum atomic E-state index is -0.797. The highest BCUT2D eigenvalue weighted by molar-refractivity contribution is 5.71. The van der Waals surface area contributed by atoms with E-state index >= 15 is 0 Å². The topological polar surface area (TPSA) is 78.9 Å². The van der Waals surface area contributed by atoms with Crippen LogP contribution in [0.3, 0.4) is 0 Å². The third-order valence-corrected chi connectivity index (χ3v) is 9.01. The summed E-state index contributed by atoms with van der Waals surface area (Å²) in [5, 5.41) is 0. The normalized spacial score (nSPS) is 12.7. The van der Waals surface area contributed by atoms with Crippen molar-refractivity contribution in [1.82, 2.24) is 0 Å². The van der Waals surface area contributed by atoms with Crippen molar-refractivity contribution < 1.29 is 28.6 Å². The molecule has 0 saturated carbocycles. The molecule has 0 amide bonds. The van der Waals surface area contributed by atoms with Gasteiger partial charge in [0.05, 0.1) is 0 Å². The van der Waals surface area contributed by atoms with Gasteiger partial charge in [0.15, 0.2) is 6.10 Å². The minimum absolute atomic E-state index is 0.101. The Labute approximate surface area is 332 Å². The summed E-state index contributed by atoms with van der Waals surface area (Å²) in [5.74, 6) is -0.976.